The van der Waals surface area contributed by atoms with E-state index >= 15 is 0 Å². The number of amides is 1. The van der Waals surface area contributed by atoms with Crippen molar-refractivity contribution in [2.24, 2.45) is 0 Å². The number of hydrogen-bond acceptors (Lipinski definition) is 6. The smallest absolute Gasteiger partial charge is 0.300 e. The van der Waals surface area contributed by atoms with Crippen LogP contribution in [0.3, 0.4) is 0 Å². The number of hydrogen-bond donors (Lipinski definition) is 1. The molecule has 1 N–H and O–H groups in total. The molecular weight excluding hydrogens is 451 g/mol. The highest BCUT2D eigenvalue weighted by molar-refractivity contribution is 6.51. The number of methoxy groups -OCH3 is 2. The van der Waals surface area contributed by atoms with E-state index in [0.29, 0.717) is 11.3 Å². The van der Waals surface area contributed by atoms with Crippen LogP contribution in [0.15, 0.2) is 66.5 Å². The molecule has 4 rings (SSSR count). The number of ether oxygens (including phenoxy) is 2. The molecule has 33 heavy (non-hydrogen) atoms. The van der Waals surface area contributed by atoms with Gasteiger partial charge in [0.15, 0.2) is 0 Å². The predicted molar refractivity (Wildman–Crippen MR) is 120 cm³/mol. The Morgan fingerprint density at radius 1 is 1.09 bits per heavy atom. The van der Waals surface area contributed by atoms with Crippen LogP contribution in [-0.4, -0.2) is 36.0 Å². The van der Waals surface area contributed by atoms with Gasteiger partial charge in [0.05, 0.1) is 36.4 Å². The summed E-state index contributed by atoms with van der Waals surface area (Å²) in [4.78, 5) is 31.4. The molecule has 1 unspecified atom stereocenters. The fraction of sp³-hybridized carbons (Fsp3) is 0.125. The zero-order chi connectivity index (χ0) is 23.7. The highest BCUT2D eigenvalue weighted by atomic mass is 35.5. The molecule has 1 saturated heterocycles. The lowest BCUT2D eigenvalue weighted by atomic mass is 9.95. The van der Waals surface area contributed by atoms with Crippen molar-refractivity contribution >= 4 is 34.7 Å². The Labute approximate surface area is 193 Å². The van der Waals surface area contributed by atoms with Crippen molar-refractivity contribution in [2.45, 2.75) is 6.04 Å². The molecule has 2 heterocycles. The number of ketones is 1. The third-order valence-electron chi connectivity index (χ3n) is 5.26. The number of nitrogens with zero attached hydrogens (tertiary/aromatic N) is 2. The van der Waals surface area contributed by atoms with Crippen molar-refractivity contribution < 1.29 is 28.6 Å². The molecule has 1 aromatic heterocycles. The number of aliphatic hydroxyl groups is 1. The van der Waals surface area contributed by atoms with Crippen molar-refractivity contribution in [3.63, 3.8) is 0 Å². The first-order valence-electron chi connectivity index (χ1n) is 9.75. The highest BCUT2D eigenvalue weighted by Gasteiger charge is 2.47. The van der Waals surface area contributed by atoms with Gasteiger partial charge in [-0.25, -0.2) is 4.39 Å². The van der Waals surface area contributed by atoms with Gasteiger partial charge >= 0.3 is 0 Å². The quantitative estimate of drug-likeness (QED) is 0.336. The minimum Gasteiger partial charge on any atom is -0.507 e. The summed E-state index contributed by atoms with van der Waals surface area (Å²) in [5, 5.41) is 11.4. The molecule has 1 fully saturated rings. The number of pyridine rings is 1. The molecule has 0 radical (unpaired) electrons. The Bertz CT molecular complexity index is 1280. The SMILES string of the molecule is COc1cc(OC)c(/C(O)=C2\C(=O)C(=O)N(c3cccc(F)c3)C2c2cccnc2)cc1Cl. The van der Waals surface area contributed by atoms with Crippen molar-refractivity contribution in [3.8, 4) is 11.5 Å². The minimum atomic E-state index is -1.06. The number of rotatable bonds is 5. The van der Waals surface area contributed by atoms with E-state index in [1.807, 2.05) is 0 Å². The van der Waals surface area contributed by atoms with Crippen LogP contribution >= 0.6 is 11.6 Å². The number of benzene rings is 2. The molecule has 0 saturated carbocycles. The van der Waals surface area contributed by atoms with E-state index in [2.05, 4.69) is 4.98 Å². The lowest BCUT2D eigenvalue weighted by molar-refractivity contribution is -0.132. The Kier molecular flexibility index (Phi) is 6.02. The summed E-state index contributed by atoms with van der Waals surface area (Å²) >= 11 is 6.24. The second-order valence-corrected chi connectivity index (χ2v) is 7.53. The molecular formula is C24H18ClFN2O5. The van der Waals surface area contributed by atoms with E-state index in [1.54, 1.807) is 12.1 Å². The van der Waals surface area contributed by atoms with Gasteiger partial charge < -0.3 is 14.6 Å². The van der Waals surface area contributed by atoms with Gasteiger partial charge in [-0.2, -0.15) is 0 Å². The number of aromatic nitrogens is 1. The Balaban J connectivity index is 1.98. The molecule has 7 nitrogen and oxygen atoms in total. The fourth-order valence-corrected chi connectivity index (χ4v) is 4.01. The molecule has 1 aliphatic rings. The first-order valence-corrected chi connectivity index (χ1v) is 10.1. The zero-order valence-electron chi connectivity index (χ0n) is 17.6. The summed E-state index contributed by atoms with van der Waals surface area (Å²) in [5.74, 6) is -2.47. The summed E-state index contributed by atoms with van der Waals surface area (Å²) in [6, 6.07) is 10.4. The van der Waals surface area contributed by atoms with Crippen LogP contribution in [-0.2, 0) is 9.59 Å². The van der Waals surface area contributed by atoms with E-state index in [4.69, 9.17) is 21.1 Å². The first kappa shape index (κ1) is 22.3. The number of Topliss-reactive ketones (excluding diaryl/α,β-unsaturated/α-hetero) is 1. The number of halogens is 2. The molecule has 3 aromatic rings. The van der Waals surface area contributed by atoms with Gasteiger partial charge in [-0.3, -0.25) is 19.5 Å². The number of aliphatic hydroxyl groups excluding tert-OH is 1. The Morgan fingerprint density at radius 2 is 1.85 bits per heavy atom. The third-order valence-corrected chi connectivity index (χ3v) is 5.56. The van der Waals surface area contributed by atoms with Crippen molar-refractivity contribution in [2.75, 3.05) is 19.1 Å². The summed E-state index contributed by atoms with van der Waals surface area (Å²) in [7, 11) is 2.80. The second-order valence-electron chi connectivity index (χ2n) is 7.12. The second kappa shape index (κ2) is 8.91. The fourth-order valence-electron chi connectivity index (χ4n) is 3.77. The van der Waals surface area contributed by atoms with Gasteiger partial charge in [-0.1, -0.05) is 23.7 Å². The summed E-state index contributed by atoms with van der Waals surface area (Å²) < 4.78 is 24.5. The number of anilines is 1. The predicted octanol–water partition coefficient (Wildman–Crippen LogP) is 4.52. The molecule has 1 atom stereocenters. The van der Waals surface area contributed by atoms with Crippen molar-refractivity contribution in [1.29, 1.82) is 0 Å². The van der Waals surface area contributed by atoms with Crippen LogP contribution in [0, 0.1) is 5.82 Å². The lowest BCUT2D eigenvalue weighted by Crippen LogP contribution is -2.29. The monoisotopic (exact) mass is 468 g/mol. The van der Waals surface area contributed by atoms with Crippen LogP contribution < -0.4 is 14.4 Å². The van der Waals surface area contributed by atoms with E-state index in [1.165, 1.54) is 56.9 Å². The normalized spacial score (nSPS) is 17.3. The molecule has 0 spiro atoms. The summed E-state index contributed by atoms with van der Waals surface area (Å²) in [5.41, 5.74) is 0.483. The van der Waals surface area contributed by atoms with Crippen LogP contribution in [0.25, 0.3) is 5.76 Å². The van der Waals surface area contributed by atoms with Crippen LogP contribution in [0.1, 0.15) is 17.2 Å². The maximum absolute atomic E-state index is 14.0. The van der Waals surface area contributed by atoms with Gasteiger partial charge in [0.2, 0.25) is 0 Å². The van der Waals surface area contributed by atoms with Gasteiger partial charge in [0.25, 0.3) is 11.7 Å². The largest absolute Gasteiger partial charge is 0.507 e. The van der Waals surface area contributed by atoms with Gasteiger partial charge in [0.1, 0.15) is 23.1 Å². The van der Waals surface area contributed by atoms with E-state index in [0.717, 1.165) is 11.0 Å². The van der Waals surface area contributed by atoms with Gasteiger partial charge in [0, 0.05) is 24.1 Å². The lowest BCUT2D eigenvalue weighted by Gasteiger charge is -2.25. The number of carbonyl (C=O) groups is 2. The maximum atomic E-state index is 14.0. The van der Waals surface area contributed by atoms with E-state index < -0.39 is 29.3 Å². The average molecular weight is 469 g/mol. The van der Waals surface area contributed by atoms with Crippen molar-refractivity contribution in [1.82, 2.24) is 4.98 Å². The summed E-state index contributed by atoms with van der Waals surface area (Å²) in [6.45, 7) is 0. The maximum Gasteiger partial charge on any atom is 0.300 e. The van der Waals surface area contributed by atoms with Gasteiger partial charge in [-0.15, -0.1) is 0 Å². The molecule has 1 aliphatic heterocycles. The number of carbonyl (C=O) groups excluding carboxylic acids is 2. The first-order chi connectivity index (χ1) is 15.9. The average Bonchev–Trinajstić information content (AvgIpc) is 3.09. The molecule has 0 aliphatic carbocycles. The highest BCUT2D eigenvalue weighted by Crippen LogP contribution is 2.44. The Morgan fingerprint density at radius 3 is 2.48 bits per heavy atom. The van der Waals surface area contributed by atoms with E-state index in [-0.39, 0.29) is 27.6 Å². The molecule has 0 bridgehead atoms. The Hall–Kier alpha value is -3.91. The van der Waals surface area contributed by atoms with Crippen LogP contribution in [0.2, 0.25) is 5.02 Å². The summed E-state index contributed by atoms with van der Waals surface area (Å²) in [6.07, 6.45) is 3.00. The van der Waals surface area contributed by atoms with Gasteiger partial charge in [-0.05, 0) is 35.9 Å². The topological polar surface area (TPSA) is 89.0 Å². The minimum absolute atomic E-state index is 0.0921. The van der Waals surface area contributed by atoms with E-state index in [9.17, 15) is 19.1 Å². The van der Waals surface area contributed by atoms with Crippen LogP contribution in [0.5, 0.6) is 11.5 Å². The molecule has 168 valence electrons. The molecule has 9 heteroatoms. The molecule has 2 aromatic carbocycles. The zero-order valence-corrected chi connectivity index (χ0v) is 18.3. The van der Waals surface area contributed by atoms with Crippen molar-refractivity contribution in [3.05, 3.63) is 88.5 Å². The van der Waals surface area contributed by atoms with Crippen LogP contribution in [0.4, 0.5) is 10.1 Å². The standard InChI is InChI=1S/C24H18ClFN2O5/c1-32-18-11-19(33-2)17(25)10-16(18)22(29)20-21(13-5-4-8-27-12-13)28(24(31)23(20)30)15-7-3-6-14(26)9-15/h3-12,21,29H,1-2H3/b22-20+. The molecule has 1 amide bonds. The third kappa shape index (κ3) is 3.89.